The van der Waals surface area contributed by atoms with Gasteiger partial charge in [0.15, 0.2) is 0 Å². The van der Waals surface area contributed by atoms with E-state index in [1.54, 1.807) is 6.92 Å². The van der Waals surface area contributed by atoms with Crippen molar-refractivity contribution >= 4 is 17.4 Å². The minimum Gasteiger partial charge on any atom is -0.354 e. The van der Waals surface area contributed by atoms with E-state index >= 15 is 0 Å². The first-order valence-electron chi connectivity index (χ1n) is 6.68. The molecule has 1 aromatic rings. The molecule has 4 N–H and O–H groups in total. The predicted molar refractivity (Wildman–Crippen MR) is 77.6 cm³/mol. The van der Waals surface area contributed by atoms with Crippen molar-refractivity contribution in [2.45, 2.75) is 25.4 Å². The quantitative estimate of drug-likeness (QED) is 0.746. The van der Waals surface area contributed by atoms with E-state index in [9.17, 15) is 9.59 Å². The Morgan fingerprint density at radius 1 is 1.40 bits per heavy atom. The van der Waals surface area contributed by atoms with Crippen LogP contribution in [0.1, 0.15) is 18.9 Å². The summed E-state index contributed by atoms with van der Waals surface area (Å²) in [6.45, 7) is 2.16. The van der Waals surface area contributed by atoms with Gasteiger partial charge in [0.25, 0.3) is 0 Å². The molecule has 1 aliphatic rings. The normalized spacial score (nSPS) is 20.4. The number of hydrogen-bond donors (Lipinski definition) is 3. The minimum absolute atomic E-state index is 0.202. The predicted octanol–water partition coefficient (Wildman–Crippen LogP) is 0.422. The zero-order valence-corrected chi connectivity index (χ0v) is 11.4. The Morgan fingerprint density at radius 3 is 2.75 bits per heavy atom. The molecule has 5 heteroatoms. The zero-order chi connectivity index (χ0) is 14.5. The summed E-state index contributed by atoms with van der Waals surface area (Å²) in [4.78, 5) is 24.0. The number of amides is 2. The van der Waals surface area contributed by atoms with Gasteiger partial charge in [-0.2, -0.15) is 0 Å². The molecule has 1 aromatic carbocycles. The lowest BCUT2D eigenvalue weighted by Gasteiger charge is -2.21. The third-order valence-corrected chi connectivity index (χ3v) is 3.19. The maximum absolute atomic E-state index is 12.1. The van der Waals surface area contributed by atoms with E-state index in [2.05, 4.69) is 10.6 Å². The van der Waals surface area contributed by atoms with E-state index in [1.807, 2.05) is 36.4 Å². The lowest BCUT2D eigenvalue weighted by atomic mass is 9.97. The van der Waals surface area contributed by atoms with Crippen LogP contribution in [0.2, 0.25) is 0 Å². The smallest absolute Gasteiger partial charge is 0.247 e. The summed E-state index contributed by atoms with van der Waals surface area (Å²) in [6.07, 6.45) is 2.72. The molecule has 0 spiro atoms. The lowest BCUT2D eigenvalue weighted by molar-refractivity contribution is -0.128. The van der Waals surface area contributed by atoms with Crippen LogP contribution in [0.3, 0.4) is 0 Å². The summed E-state index contributed by atoms with van der Waals surface area (Å²) in [6, 6.07) is 8.23. The van der Waals surface area contributed by atoms with Crippen LogP contribution in [0.25, 0.3) is 5.57 Å². The second-order valence-corrected chi connectivity index (χ2v) is 4.84. The summed E-state index contributed by atoms with van der Waals surface area (Å²) in [5, 5.41) is 5.50. The van der Waals surface area contributed by atoms with E-state index in [4.69, 9.17) is 5.73 Å². The van der Waals surface area contributed by atoms with Gasteiger partial charge in [0.2, 0.25) is 11.8 Å². The molecule has 0 saturated carbocycles. The van der Waals surface area contributed by atoms with Crippen molar-refractivity contribution in [2.24, 2.45) is 5.73 Å². The van der Waals surface area contributed by atoms with Crippen LogP contribution >= 0.6 is 0 Å². The molecule has 0 saturated heterocycles. The molecule has 1 aliphatic heterocycles. The Labute approximate surface area is 118 Å². The molecular weight excluding hydrogens is 254 g/mol. The van der Waals surface area contributed by atoms with E-state index in [0.717, 1.165) is 17.6 Å². The molecule has 0 radical (unpaired) electrons. The highest BCUT2D eigenvalue weighted by Crippen LogP contribution is 2.21. The molecule has 0 bridgehead atoms. The molecule has 0 aliphatic carbocycles. The van der Waals surface area contributed by atoms with E-state index < -0.39 is 12.1 Å². The second kappa shape index (κ2) is 6.34. The number of benzene rings is 1. The van der Waals surface area contributed by atoms with Crippen molar-refractivity contribution in [3.63, 3.8) is 0 Å². The van der Waals surface area contributed by atoms with Crippen LogP contribution in [-0.2, 0) is 9.59 Å². The molecule has 2 rings (SSSR count). The van der Waals surface area contributed by atoms with Crippen LogP contribution < -0.4 is 16.4 Å². The van der Waals surface area contributed by atoms with Crippen LogP contribution in [0.15, 0.2) is 36.4 Å². The highest BCUT2D eigenvalue weighted by Gasteiger charge is 2.27. The largest absolute Gasteiger partial charge is 0.354 e. The summed E-state index contributed by atoms with van der Waals surface area (Å²) in [7, 11) is 0. The first-order chi connectivity index (χ1) is 9.59. The molecule has 106 valence electrons. The van der Waals surface area contributed by atoms with E-state index in [1.165, 1.54) is 0 Å². The molecule has 20 heavy (non-hydrogen) atoms. The summed E-state index contributed by atoms with van der Waals surface area (Å²) in [5.74, 6) is -0.541. The fraction of sp³-hybridized carbons (Fsp3) is 0.333. The summed E-state index contributed by atoms with van der Waals surface area (Å²) >= 11 is 0. The number of nitrogens with two attached hydrogens (primary N) is 1. The average molecular weight is 273 g/mol. The molecule has 0 fully saturated rings. The number of carbonyl (C=O) groups is 2. The maximum Gasteiger partial charge on any atom is 0.247 e. The fourth-order valence-corrected chi connectivity index (χ4v) is 2.12. The van der Waals surface area contributed by atoms with E-state index in [0.29, 0.717) is 6.54 Å². The highest BCUT2D eigenvalue weighted by atomic mass is 16.2. The van der Waals surface area contributed by atoms with Crippen molar-refractivity contribution in [1.82, 2.24) is 10.6 Å². The van der Waals surface area contributed by atoms with Gasteiger partial charge in [-0.05, 0) is 24.5 Å². The van der Waals surface area contributed by atoms with Gasteiger partial charge in [0.05, 0.1) is 6.04 Å². The summed E-state index contributed by atoms with van der Waals surface area (Å²) < 4.78 is 0. The van der Waals surface area contributed by atoms with Gasteiger partial charge < -0.3 is 16.4 Å². The number of rotatable bonds is 3. The summed E-state index contributed by atoms with van der Waals surface area (Å²) in [5.41, 5.74) is 7.30. The molecule has 0 aromatic heterocycles. The van der Waals surface area contributed by atoms with Crippen LogP contribution in [0.5, 0.6) is 0 Å². The van der Waals surface area contributed by atoms with Crippen LogP contribution in [0, 0.1) is 0 Å². The SMILES string of the molecule is C[C@H](N)C(=O)N[C@@H]1C(=O)NCCC=C1c1ccccc1. The Kier molecular flexibility index (Phi) is 4.53. The average Bonchev–Trinajstić information content (AvgIpc) is 2.62. The number of carbonyl (C=O) groups excluding carboxylic acids is 2. The fourth-order valence-electron chi connectivity index (χ4n) is 2.12. The Hall–Kier alpha value is -2.14. The van der Waals surface area contributed by atoms with Crippen molar-refractivity contribution in [3.05, 3.63) is 42.0 Å². The molecule has 1 heterocycles. The number of nitrogens with one attached hydrogen (secondary N) is 2. The van der Waals surface area contributed by atoms with Gasteiger partial charge in [-0.3, -0.25) is 9.59 Å². The van der Waals surface area contributed by atoms with Gasteiger partial charge in [0, 0.05) is 6.54 Å². The Morgan fingerprint density at radius 2 is 2.10 bits per heavy atom. The maximum atomic E-state index is 12.1. The highest BCUT2D eigenvalue weighted by molar-refractivity contribution is 6.00. The first-order valence-corrected chi connectivity index (χ1v) is 6.68. The van der Waals surface area contributed by atoms with E-state index in [-0.39, 0.29) is 11.8 Å². The van der Waals surface area contributed by atoms with Crippen molar-refractivity contribution in [1.29, 1.82) is 0 Å². The van der Waals surface area contributed by atoms with Crippen molar-refractivity contribution in [2.75, 3.05) is 6.54 Å². The van der Waals surface area contributed by atoms with Crippen LogP contribution in [0.4, 0.5) is 0 Å². The molecular formula is C15H19N3O2. The van der Waals surface area contributed by atoms with Gasteiger partial charge >= 0.3 is 0 Å². The lowest BCUT2D eigenvalue weighted by Crippen LogP contribution is -2.50. The van der Waals surface area contributed by atoms with Crippen molar-refractivity contribution in [3.8, 4) is 0 Å². The molecule has 2 atom stereocenters. The van der Waals surface area contributed by atoms with Crippen LogP contribution in [-0.4, -0.2) is 30.4 Å². The Bertz CT molecular complexity index is 523. The van der Waals surface area contributed by atoms with Gasteiger partial charge in [0.1, 0.15) is 6.04 Å². The second-order valence-electron chi connectivity index (χ2n) is 4.84. The minimum atomic E-state index is -0.696. The standard InChI is InChI=1S/C15H19N3O2/c1-10(16)14(19)18-13-12(8-5-9-17-15(13)20)11-6-3-2-4-7-11/h2-4,6-8,10,13H,5,9,16H2,1H3,(H,17,20)(H,18,19)/t10-,13-/m0/s1. The number of hydrogen-bond acceptors (Lipinski definition) is 3. The third-order valence-electron chi connectivity index (χ3n) is 3.19. The zero-order valence-electron chi connectivity index (χ0n) is 11.4. The molecule has 5 nitrogen and oxygen atoms in total. The van der Waals surface area contributed by atoms with Gasteiger partial charge in [-0.15, -0.1) is 0 Å². The Balaban J connectivity index is 2.31. The third kappa shape index (κ3) is 3.24. The molecule has 2 amide bonds. The topological polar surface area (TPSA) is 84.2 Å². The van der Waals surface area contributed by atoms with Gasteiger partial charge in [-0.25, -0.2) is 0 Å². The monoisotopic (exact) mass is 273 g/mol. The first kappa shape index (κ1) is 14.3. The van der Waals surface area contributed by atoms with Gasteiger partial charge in [-0.1, -0.05) is 36.4 Å². The van der Waals surface area contributed by atoms with Crippen molar-refractivity contribution < 1.29 is 9.59 Å². The molecule has 0 unspecified atom stereocenters.